The Labute approximate surface area is 112 Å². The predicted molar refractivity (Wildman–Crippen MR) is 69.5 cm³/mol. The normalized spacial score (nSPS) is 9.20. The standard InChI is InChI=1S/C6H4N2O4.C6H6O2/c9-7(10)5-3-1-2-4-6(5)8(11)12;7-5-2-1-3-6(8)4-5/h1-4H;1-4,7-8H. The second-order valence-corrected chi connectivity index (χ2v) is 3.52. The Morgan fingerprint density at radius 2 is 1.15 bits per heavy atom. The average molecular weight is 278 g/mol. The third-order valence-electron chi connectivity index (χ3n) is 2.10. The van der Waals surface area contributed by atoms with E-state index < -0.39 is 21.2 Å². The largest absolute Gasteiger partial charge is 0.508 e. The Hall–Kier alpha value is -3.16. The van der Waals surface area contributed by atoms with Gasteiger partial charge in [0.1, 0.15) is 11.5 Å². The van der Waals surface area contributed by atoms with Crippen LogP contribution in [0.1, 0.15) is 0 Å². The second kappa shape index (κ2) is 6.69. The van der Waals surface area contributed by atoms with Gasteiger partial charge in [-0.25, -0.2) is 0 Å². The Bertz CT molecular complexity index is 579. The van der Waals surface area contributed by atoms with Crippen LogP contribution in [-0.2, 0) is 0 Å². The molecule has 2 aromatic rings. The van der Waals surface area contributed by atoms with Crippen LogP contribution < -0.4 is 0 Å². The van der Waals surface area contributed by atoms with E-state index in [1.54, 1.807) is 6.07 Å². The molecule has 0 saturated carbocycles. The van der Waals surface area contributed by atoms with Crippen LogP contribution in [0.4, 0.5) is 11.4 Å². The van der Waals surface area contributed by atoms with Crippen LogP contribution in [0.5, 0.6) is 11.5 Å². The summed E-state index contributed by atoms with van der Waals surface area (Å²) in [5.74, 6) is 0.176. The number of nitro benzene ring substituents is 2. The number of aromatic hydroxyl groups is 2. The zero-order valence-electron chi connectivity index (χ0n) is 10.0. The van der Waals surface area contributed by atoms with Gasteiger partial charge in [0.05, 0.1) is 9.85 Å². The molecule has 0 aliphatic rings. The van der Waals surface area contributed by atoms with Crippen molar-refractivity contribution in [3.63, 3.8) is 0 Å². The topological polar surface area (TPSA) is 127 Å². The van der Waals surface area contributed by atoms with Gasteiger partial charge < -0.3 is 10.2 Å². The van der Waals surface area contributed by atoms with Gasteiger partial charge in [-0.15, -0.1) is 0 Å². The molecule has 0 amide bonds. The summed E-state index contributed by atoms with van der Waals surface area (Å²) in [6, 6.07) is 10.8. The summed E-state index contributed by atoms with van der Waals surface area (Å²) in [5.41, 5.74) is -0.968. The number of phenols is 2. The van der Waals surface area contributed by atoms with E-state index >= 15 is 0 Å². The molecule has 2 aromatic carbocycles. The first-order chi connectivity index (χ1) is 9.41. The fourth-order valence-corrected chi connectivity index (χ4v) is 1.27. The van der Waals surface area contributed by atoms with Crippen LogP contribution in [0, 0.1) is 20.2 Å². The third kappa shape index (κ3) is 4.26. The minimum atomic E-state index is -0.780. The summed E-state index contributed by atoms with van der Waals surface area (Å²) in [7, 11) is 0. The monoisotopic (exact) mass is 278 g/mol. The minimum absolute atomic E-state index is 0.0880. The van der Waals surface area contributed by atoms with E-state index in [0.717, 1.165) is 12.1 Å². The predicted octanol–water partition coefficient (Wildman–Crippen LogP) is 2.60. The molecular weight excluding hydrogens is 268 g/mol. The van der Waals surface area contributed by atoms with E-state index in [4.69, 9.17) is 10.2 Å². The lowest BCUT2D eigenvalue weighted by Crippen LogP contribution is -1.95. The van der Waals surface area contributed by atoms with Crippen molar-refractivity contribution in [1.82, 2.24) is 0 Å². The molecule has 0 radical (unpaired) electrons. The Morgan fingerprint density at radius 3 is 1.40 bits per heavy atom. The lowest BCUT2D eigenvalue weighted by Gasteiger charge is -1.91. The van der Waals surface area contributed by atoms with Crippen LogP contribution in [0.25, 0.3) is 0 Å². The van der Waals surface area contributed by atoms with Crippen molar-refractivity contribution in [3.05, 3.63) is 68.8 Å². The number of hydrogen-bond acceptors (Lipinski definition) is 6. The zero-order chi connectivity index (χ0) is 15.1. The first-order valence-electron chi connectivity index (χ1n) is 5.27. The summed E-state index contributed by atoms with van der Waals surface area (Å²) >= 11 is 0. The Balaban J connectivity index is 0.000000217. The van der Waals surface area contributed by atoms with E-state index in [0.29, 0.717) is 0 Å². The van der Waals surface area contributed by atoms with Gasteiger partial charge in [-0.1, -0.05) is 18.2 Å². The van der Waals surface area contributed by atoms with Crippen molar-refractivity contribution in [2.24, 2.45) is 0 Å². The molecule has 0 aliphatic heterocycles. The van der Waals surface area contributed by atoms with Gasteiger partial charge in [0, 0.05) is 18.2 Å². The summed E-state index contributed by atoms with van der Waals surface area (Å²) in [4.78, 5) is 18.9. The van der Waals surface area contributed by atoms with E-state index in [2.05, 4.69) is 0 Å². The SMILES string of the molecule is O=[N+]([O-])c1ccccc1[N+](=O)[O-].Oc1cccc(O)c1. The van der Waals surface area contributed by atoms with E-state index in [1.165, 1.54) is 30.3 Å². The second-order valence-electron chi connectivity index (χ2n) is 3.52. The third-order valence-corrected chi connectivity index (χ3v) is 2.10. The molecule has 8 nitrogen and oxygen atoms in total. The molecule has 2 N–H and O–H groups in total. The van der Waals surface area contributed by atoms with Gasteiger partial charge in [-0.05, 0) is 12.1 Å². The van der Waals surface area contributed by atoms with E-state index in [9.17, 15) is 20.2 Å². The summed E-state index contributed by atoms with van der Waals surface area (Å²) in [6.07, 6.45) is 0. The number of hydrogen-bond donors (Lipinski definition) is 2. The summed E-state index contributed by atoms with van der Waals surface area (Å²) < 4.78 is 0. The smallest absolute Gasteiger partial charge is 0.346 e. The molecule has 2 rings (SSSR count). The highest BCUT2D eigenvalue weighted by Crippen LogP contribution is 2.24. The van der Waals surface area contributed by atoms with Crippen LogP contribution in [0.15, 0.2) is 48.5 Å². The molecule has 0 atom stereocenters. The minimum Gasteiger partial charge on any atom is -0.508 e. The first-order valence-corrected chi connectivity index (χ1v) is 5.27. The van der Waals surface area contributed by atoms with Gasteiger partial charge in [0.25, 0.3) is 0 Å². The maximum absolute atomic E-state index is 10.2. The van der Waals surface area contributed by atoms with Gasteiger partial charge in [-0.3, -0.25) is 20.2 Å². The van der Waals surface area contributed by atoms with Gasteiger partial charge >= 0.3 is 11.4 Å². The summed E-state index contributed by atoms with van der Waals surface area (Å²) in [5, 5.41) is 37.8. The zero-order valence-corrected chi connectivity index (χ0v) is 10.0. The van der Waals surface area contributed by atoms with Crippen LogP contribution >= 0.6 is 0 Å². The number of nitro groups is 2. The van der Waals surface area contributed by atoms with Crippen molar-refractivity contribution in [2.75, 3.05) is 0 Å². The lowest BCUT2D eigenvalue weighted by molar-refractivity contribution is -0.422. The molecule has 0 aliphatic carbocycles. The van der Waals surface area contributed by atoms with Crippen LogP contribution in [0.3, 0.4) is 0 Å². The van der Waals surface area contributed by atoms with Gasteiger partial charge in [0.2, 0.25) is 0 Å². The highest BCUT2D eigenvalue weighted by molar-refractivity contribution is 5.51. The van der Waals surface area contributed by atoms with E-state index in [1.807, 2.05) is 0 Å². The molecule has 104 valence electrons. The van der Waals surface area contributed by atoms with Crippen molar-refractivity contribution >= 4 is 11.4 Å². The quantitative estimate of drug-likeness (QED) is 0.642. The summed E-state index contributed by atoms with van der Waals surface area (Å²) in [6.45, 7) is 0. The number of para-hydroxylation sites is 2. The van der Waals surface area contributed by atoms with Crippen molar-refractivity contribution in [1.29, 1.82) is 0 Å². The fraction of sp³-hybridized carbons (Fsp3) is 0. The number of nitrogens with zero attached hydrogens (tertiary/aromatic N) is 2. The molecule has 8 heteroatoms. The Morgan fingerprint density at radius 1 is 0.750 bits per heavy atom. The maximum Gasteiger partial charge on any atom is 0.346 e. The highest BCUT2D eigenvalue weighted by Gasteiger charge is 2.21. The molecule has 0 fully saturated rings. The maximum atomic E-state index is 10.2. The van der Waals surface area contributed by atoms with Crippen molar-refractivity contribution < 1.29 is 20.1 Å². The molecule has 0 aromatic heterocycles. The molecular formula is C12H10N2O6. The average Bonchev–Trinajstić information content (AvgIpc) is 2.39. The van der Waals surface area contributed by atoms with Crippen molar-refractivity contribution in [3.8, 4) is 11.5 Å². The van der Waals surface area contributed by atoms with Gasteiger partial charge in [0.15, 0.2) is 0 Å². The molecule has 0 saturated heterocycles. The highest BCUT2D eigenvalue weighted by atomic mass is 16.6. The molecule has 0 unspecified atom stereocenters. The van der Waals surface area contributed by atoms with Gasteiger partial charge in [-0.2, -0.15) is 0 Å². The fourth-order valence-electron chi connectivity index (χ4n) is 1.27. The molecule has 0 heterocycles. The molecule has 20 heavy (non-hydrogen) atoms. The lowest BCUT2D eigenvalue weighted by atomic mass is 10.3. The number of benzene rings is 2. The van der Waals surface area contributed by atoms with E-state index in [-0.39, 0.29) is 11.5 Å². The van der Waals surface area contributed by atoms with Crippen molar-refractivity contribution in [2.45, 2.75) is 0 Å². The van der Waals surface area contributed by atoms with Crippen LogP contribution in [-0.4, -0.2) is 20.1 Å². The first kappa shape index (κ1) is 14.9. The van der Waals surface area contributed by atoms with Crippen LogP contribution in [0.2, 0.25) is 0 Å². The molecule has 0 bridgehead atoms. The number of phenolic OH excluding ortho intramolecular Hbond substituents is 2. The Kier molecular flexibility index (Phi) is 4.98. The number of rotatable bonds is 2. The molecule has 0 spiro atoms.